The maximum Gasteiger partial charge on any atom is 0.340 e. The number of anilines is 2. The normalized spacial score (nSPS) is 10.8. The molecule has 4 aromatic rings. The van der Waals surface area contributed by atoms with Crippen molar-refractivity contribution in [2.75, 3.05) is 17.7 Å². The first kappa shape index (κ1) is 21.0. The maximum atomic E-state index is 12.0. The number of rotatable bonds is 6. The van der Waals surface area contributed by atoms with Crippen LogP contribution in [0.2, 0.25) is 0 Å². The number of carbonyl (C=O) groups is 1. The van der Waals surface area contributed by atoms with E-state index in [9.17, 15) is 4.79 Å². The van der Waals surface area contributed by atoms with Crippen molar-refractivity contribution < 1.29 is 9.53 Å². The number of ether oxygens (including phenoxy) is 1. The summed E-state index contributed by atoms with van der Waals surface area (Å²) < 4.78 is 6.74. The minimum atomic E-state index is -0.388. The van der Waals surface area contributed by atoms with Crippen LogP contribution >= 0.6 is 23.6 Å². The molecule has 6 nitrogen and oxygen atoms in total. The molecule has 2 aromatic heterocycles. The van der Waals surface area contributed by atoms with Crippen LogP contribution in [0.25, 0.3) is 10.8 Å². The molecule has 0 spiro atoms. The van der Waals surface area contributed by atoms with Gasteiger partial charge in [-0.05, 0) is 41.0 Å². The highest BCUT2D eigenvalue weighted by molar-refractivity contribution is 7.80. The van der Waals surface area contributed by atoms with Gasteiger partial charge in [0.25, 0.3) is 0 Å². The highest BCUT2D eigenvalue weighted by Crippen LogP contribution is 2.29. The SMILES string of the molecule is CCc1cc(C(=O)OC)c(NC(=S)Nc2ccn(Cc3cccc4ccccc34)n2)s1. The van der Waals surface area contributed by atoms with E-state index in [0.717, 1.165) is 11.3 Å². The predicted molar refractivity (Wildman–Crippen MR) is 130 cm³/mol. The molecule has 0 atom stereocenters. The molecule has 4 rings (SSSR count). The molecule has 2 aromatic carbocycles. The fraction of sp³-hybridized carbons (Fsp3) is 0.174. The first-order valence-corrected chi connectivity index (χ1v) is 11.1. The molecule has 8 heteroatoms. The second-order valence-electron chi connectivity index (χ2n) is 6.92. The van der Waals surface area contributed by atoms with E-state index < -0.39 is 0 Å². The Morgan fingerprint density at radius 3 is 2.77 bits per heavy atom. The summed E-state index contributed by atoms with van der Waals surface area (Å²) in [5, 5.41) is 14.2. The van der Waals surface area contributed by atoms with Gasteiger partial charge in [0.05, 0.1) is 19.2 Å². The summed E-state index contributed by atoms with van der Waals surface area (Å²) in [5.74, 6) is 0.241. The first-order valence-electron chi connectivity index (χ1n) is 9.86. The van der Waals surface area contributed by atoms with E-state index in [4.69, 9.17) is 17.0 Å². The Balaban J connectivity index is 1.45. The van der Waals surface area contributed by atoms with Gasteiger partial charge in [-0.25, -0.2) is 4.79 Å². The fourth-order valence-electron chi connectivity index (χ4n) is 3.34. The topological polar surface area (TPSA) is 68.2 Å². The van der Waals surface area contributed by atoms with Crippen LogP contribution in [0.1, 0.15) is 27.7 Å². The van der Waals surface area contributed by atoms with Crippen LogP contribution in [0.4, 0.5) is 10.8 Å². The number of methoxy groups -OCH3 is 1. The molecule has 0 saturated heterocycles. The molecule has 0 amide bonds. The van der Waals surface area contributed by atoms with Crippen molar-refractivity contribution in [3.8, 4) is 0 Å². The van der Waals surface area contributed by atoms with Crippen molar-refractivity contribution in [1.29, 1.82) is 0 Å². The molecule has 2 N–H and O–H groups in total. The molecule has 31 heavy (non-hydrogen) atoms. The van der Waals surface area contributed by atoms with Gasteiger partial charge in [0.15, 0.2) is 10.9 Å². The van der Waals surface area contributed by atoms with Crippen molar-refractivity contribution in [3.63, 3.8) is 0 Å². The Morgan fingerprint density at radius 1 is 1.16 bits per heavy atom. The van der Waals surface area contributed by atoms with Gasteiger partial charge in [0.1, 0.15) is 5.00 Å². The number of fused-ring (bicyclic) bond motifs is 1. The summed E-state index contributed by atoms with van der Waals surface area (Å²) >= 11 is 6.92. The van der Waals surface area contributed by atoms with Gasteiger partial charge < -0.3 is 15.4 Å². The highest BCUT2D eigenvalue weighted by atomic mass is 32.1. The van der Waals surface area contributed by atoms with E-state index in [0.29, 0.717) is 28.0 Å². The van der Waals surface area contributed by atoms with Gasteiger partial charge in [-0.2, -0.15) is 5.10 Å². The van der Waals surface area contributed by atoms with Crippen molar-refractivity contribution >= 4 is 56.2 Å². The molecule has 0 aliphatic heterocycles. The Morgan fingerprint density at radius 2 is 1.97 bits per heavy atom. The van der Waals surface area contributed by atoms with E-state index in [1.807, 2.05) is 42.1 Å². The largest absolute Gasteiger partial charge is 0.465 e. The van der Waals surface area contributed by atoms with Crippen LogP contribution in [0.3, 0.4) is 0 Å². The zero-order chi connectivity index (χ0) is 21.8. The number of nitrogens with one attached hydrogen (secondary N) is 2. The standard InChI is InChI=1S/C23H22N4O2S2/c1-3-17-13-19(22(28)29-2)21(31-17)25-23(30)24-20-11-12-27(26-20)14-16-9-6-8-15-7-4-5-10-18(15)16/h4-13H,3,14H2,1-2H3,(H2,24,25,26,30). The number of carbonyl (C=O) groups excluding carboxylic acids is 1. The highest BCUT2D eigenvalue weighted by Gasteiger charge is 2.17. The van der Waals surface area contributed by atoms with Crippen LogP contribution in [-0.4, -0.2) is 28.0 Å². The lowest BCUT2D eigenvalue weighted by atomic mass is 10.0. The summed E-state index contributed by atoms with van der Waals surface area (Å²) in [6.45, 7) is 2.69. The molecular weight excluding hydrogens is 428 g/mol. The number of hydrogen-bond donors (Lipinski definition) is 2. The number of aryl methyl sites for hydroxylation is 1. The van der Waals surface area contributed by atoms with Gasteiger partial charge in [-0.1, -0.05) is 49.4 Å². The van der Waals surface area contributed by atoms with E-state index in [1.165, 1.54) is 34.8 Å². The summed E-state index contributed by atoms with van der Waals surface area (Å²) in [6, 6.07) is 18.3. The fourth-order valence-corrected chi connectivity index (χ4v) is 4.60. The van der Waals surface area contributed by atoms with Crippen molar-refractivity contribution in [2.45, 2.75) is 19.9 Å². The third kappa shape index (κ3) is 4.76. The van der Waals surface area contributed by atoms with Gasteiger partial charge in [-0.3, -0.25) is 4.68 Å². The molecule has 158 valence electrons. The second-order valence-corrected chi connectivity index (χ2v) is 8.46. The molecule has 2 heterocycles. The van der Waals surface area contributed by atoms with Crippen molar-refractivity contribution in [2.24, 2.45) is 0 Å². The Kier molecular flexibility index (Phi) is 6.29. The van der Waals surface area contributed by atoms with E-state index in [1.54, 1.807) is 0 Å². The number of thiocarbonyl (C=S) groups is 1. The van der Waals surface area contributed by atoms with Gasteiger partial charge in [-0.15, -0.1) is 11.3 Å². The number of aromatic nitrogens is 2. The summed E-state index contributed by atoms with van der Waals surface area (Å²) in [4.78, 5) is 13.1. The van der Waals surface area contributed by atoms with Crippen LogP contribution in [-0.2, 0) is 17.7 Å². The van der Waals surface area contributed by atoms with Crippen LogP contribution < -0.4 is 10.6 Å². The summed E-state index contributed by atoms with van der Waals surface area (Å²) in [5.41, 5.74) is 1.68. The van der Waals surface area contributed by atoms with E-state index >= 15 is 0 Å². The monoisotopic (exact) mass is 450 g/mol. The summed E-state index contributed by atoms with van der Waals surface area (Å²) in [7, 11) is 1.37. The molecule has 0 aliphatic carbocycles. The molecule has 0 bridgehead atoms. The first-order chi connectivity index (χ1) is 15.1. The molecule has 0 aliphatic rings. The maximum absolute atomic E-state index is 12.0. The Hall–Kier alpha value is -3.23. The smallest absolute Gasteiger partial charge is 0.340 e. The number of hydrogen-bond acceptors (Lipinski definition) is 5. The molecule has 0 fully saturated rings. The van der Waals surface area contributed by atoms with Gasteiger partial charge >= 0.3 is 5.97 Å². The van der Waals surface area contributed by atoms with E-state index in [2.05, 4.69) is 46.1 Å². The molecule has 0 unspecified atom stereocenters. The van der Waals surface area contributed by atoms with E-state index in [-0.39, 0.29) is 5.97 Å². The second kappa shape index (κ2) is 9.28. The average molecular weight is 451 g/mol. The van der Waals surface area contributed by atoms with Crippen LogP contribution in [0, 0.1) is 0 Å². The van der Waals surface area contributed by atoms with Crippen LogP contribution in [0.15, 0.2) is 60.8 Å². The molecule has 0 radical (unpaired) electrons. The Labute approximate surface area is 189 Å². The average Bonchev–Trinajstić information content (AvgIpc) is 3.40. The minimum absolute atomic E-state index is 0.366. The third-order valence-electron chi connectivity index (χ3n) is 4.86. The molecule has 0 saturated carbocycles. The number of esters is 1. The van der Waals surface area contributed by atoms with Crippen molar-refractivity contribution in [3.05, 3.63) is 76.8 Å². The van der Waals surface area contributed by atoms with Crippen molar-refractivity contribution in [1.82, 2.24) is 9.78 Å². The quantitative estimate of drug-likeness (QED) is 0.307. The molecular formula is C23H22N4O2S2. The number of benzene rings is 2. The predicted octanol–water partition coefficient (Wildman–Crippen LogP) is 5.30. The number of thiophene rings is 1. The van der Waals surface area contributed by atoms with Gasteiger partial charge in [0, 0.05) is 17.1 Å². The number of nitrogens with zero attached hydrogens (tertiary/aromatic N) is 2. The van der Waals surface area contributed by atoms with Gasteiger partial charge in [0.2, 0.25) is 0 Å². The summed E-state index contributed by atoms with van der Waals surface area (Å²) in [6.07, 6.45) is 2.74. The Bertz CT molecular complexity index is 1240. The zero-order valence-corrected chi connectivity index (χ0v) is 18.8. The third-order valence-corrected chi connectivity index (χ3v) is 6.26. The lowest BCUT2D eigenvalue weighted by molar-refractivity contribution is 0.0602. The van der Waals surface area contributed by atoms with Crippen LogP contribution in [0.5, 0.6) is 0 Å². The lowest BCUT2D eigenvalue weighted by Gasteiger charge is -2.09. The zero-order valence-electron chi connectivity index (χ0n) is 17.2. The lowest BCUT2D eigenvalue weighted by Crippen LogP contribution is -2.20. The minimum Gasteiger partial charge on any atom is -0.465 e.